The standard InChI is InChI=1S/C7H5F4NO2/c1-3-5(14-7(9,10)11)4(13)2-12-6(3)8/h2,13H,1H3. The van der Waals surface area contributed by atoms with Crippen molar-refractivity contribution in [2.75, 3.05) is 0 Å². The Hall–Kier alpha value is -1.53. The quantitative estimate of drug-likeness (QED) is 0.571. The molecule has 3 nitrogen and oxygen atoms in total. The highest BCUT2D eigenvalue weighted by Crippen LogP contribution is 2.34. The van der Waals surface area contributed by atoms with E-state index >= 15 is 0 Å². The average Bonchev–Trinajstić information content (AvgIpc) is 2.04. The Bertz CT molecular complexity index is 350. The third-order valence-electron chi connectivity index (χ3n) is 1.40. The molecule has 0 aliphatic heterocycles. The number of halogens is 4. The Morgan fingerprint density at radius 1 is 1.43 bits per heavy atom. The van der Waals surface area contributed by atoms with Crippen LogP contribution in [0.15, 0.2) is 6.20 Å². The van der Waals surface area contributed by atoms with Crippen LogP contribution in [0, 0.1) is 12.9 Å². The summed E-state index contributed by atoms with van der Waals surface area (Å²) in [4.78, 5) is 3.00. The minimum Gasteiger partial charge on any atom is -0.503 e. The molecule has 0 saturated carbocycles. The summed E-state index contributed by atoms with van der Waals surface area (Å²) in [5, 5.41) is 8.92. The van der Waals surface area contributed by atoms with Gasteiger partial charge in [0.2, 0.25) is 5.95 Å². The molecule has 0 radical (unpaired) electrons. The van der Waals surface area contributed by atoms with E-state index in [-0.39, 0.29) is 0 Å². The molecule has 0 fully saturated rings. The molecule has 14 heavy (non-hydrogen) atoms. The lowest BCUT2D eigenvalue weighted by atomic mass is 10.2. The molecule has 7 heteroatoms. The fourth-order valence-corrected chi connectivity index (χ4v) is 0.804. The second-order valence-corrected chi connectivity index (χ2v) is 2.44. The zero-order valence-electron chi connectivity index (χ0n) is 6.89. The number of pyridine rings is 1. The van der Waals surface area contributed by atoms with Crippen molar-refractivity contribution in [1.29, 1.82) is 0 Å². The maximum atomic E-state index is 12.7. The van der Waals surface area contributed by atoms with Gasteiger partial charge in [0, 0.05) is 0 Å². The second kappa shape index (κ2) is 3.32. The topological polar surface area (TPSA) is 42.4 Å². The smallest absolute Gasteiger partial charge is 0.503 e. The number of aromatic hydroxyl groups is 1. The van der Waals surface area contributed by atoms with Gasteiger partial charge in [-0.25, -0.2) is 4.98 Å². The van der Waals surface area contributed by atoms with E-state index in [2.05, 4.69) is 9.72 Å². The van der Waals surface area contributed by atoms with E-state index in [1.54, 1.807) is 0 Å². The van der Waals surface area contributed by atoms with Gasteiger partial charge in [0.05, 0.1) is 11.8 Å². The number of ether oxygens (including phenoxy) is 1. The van der Waals surface area contributed by atoms with E-state index < -0.39 is 29.4 Å². The Morgan fingerprint density at radius 2 is 2.00 bits per heavy atom. The van der Waals surface area contributed by atoms with Crippen LogP contribution in [0.1, 0.15) is 5.56 Å². The van der Waals surface area contributed by atoms with Crippen LogP contribution >= 0.6 is 0 Å². The molecule has 0 aromatic carbocycles. The van der Waals surface area contributed by atoms with E-state index in [0.717, 1.165) is 6.92 Å². The normalized spacial score (nSPS) is 11.5. The Kier molecular flexibility index (Phi) is 2.50. The summed E-state index contributed by atoms with van der Waals surface area (Å²) < 4.78 is 51.3. The lowest BCUT2D eigenvalue weighted by Gasteiger charge is -2.12. The van der Waals surface area contributed by atoms with Crippen molar-refractivity contribution >= 4 is 0 Å². The molecule has 0 spiro atoms. The lowest BCUT2D eigenvalue weighted by Crippen LogP contribution is -2.18. The van der Waals surface area contributed by atoms with Crippen LogP contribution in [0.3, 0.4) is 0 Å². The number of alkyl halides is 3. The van der Waals surface area contributed by atoms with Crippen LogP contribution in [-0.2, 0) is 0 Å². The highest BCUT2D eigenvalue weighted by Gasteiger charge is 2.33. The first-order valence-corrected chi connectivity index (χ1v) is 3.41. The van der Waals surface area contributed by atoms with E-state index in [1.165, 1.54) is 0 Å². The molecule has 0 bridgehead atoms. The summed E-state index contributed by atoms with van der Waals surface area (Å²) in [6, 6.07) is 0. The first kappa shape index (κ1) is 10.6. The van der Waals surface area contributed by atoms with Gasteiger partial charge in [-0.15, -0.1) is 13.2 Å². The van der Waals surface area contributed by atoms with Gasteiger partial charge in [-0.3, -0.25) is 0 Å². The maximum absolute atomic E-state index is 12.7. The Labute approximate surface area is 76.0 Å². The van der Waals surface area contributed by atoms with Crippen LogP contribution in [0.25, 0.3) is 0 Å². The van der Waals surface area contributed by atoms with Crippen LogP contribution in [-0.4, -0.2) is 16.5 Å². The molecule has 1 N–H and O–H groups in total. The average molecular weight is 211 g/mol. The van der Waals surface area contributed by atoms with Gasteiger partial charge in [0.25, 0.3) is 0 Å². The summed E-state index contributed by atoms with van der Waals surface area (Å²) in [6.07, 6.45) is -4.43. The van der Waals surface area contributed by atoms with E-state index in [4.69, 9.17) is 5.11 Å². The molecule has 0 unspecified atom stereocenters. The highest BCUT2D eigenvalue weighted by molar-refractivity contribution is 5.42. The highest BCUT2D eigenvalue weighted by atomic mass is 19.4. The predicted molar refractivity (Wildman–Crippen MR) is 37.3 cm³/mol. The molecule has 1 rings (SSSR count). The van der Waals surface area contributed by atoms with Gasteiger partial charge in [0.1, 0.15) is 0 Å². The number of aromatic nitrogens is 1. The molecule has 1 aromatic rings. The van der Waals surface area contributed by atoms with Gasteiger partial charge in [-0.2, -0.15) is 4.39 Å². The Morgan fingerprint density at radius 3 is 2.50 bits per heavy atom. The van der Waals surface area contributed by atoms with E-state index in [0.29, 0.717) is 6.20 Å². The number of hydrogen-bond acceptors (Lipinski definition) is 3. The zero-order valence-corrected chi connectivity index (χ0v) is 6.89. The second-order valence-electron chi connectivity index (χ2n) is 2.44. The first-order valence-electron chi connectivity index (χ1n) is 3.41. The zero-order chi connectivity index (χ0) is 10.9. The number of rotatable bonds is 1. The van der Waals surface area contributed by atoms with Crippen molar-refractivity contribution in [3.8, 4) is 11.5 Å². The van der Waals surface area contributed by atoms with Crippen molar-refractivity contribution in [3.05, 3.63) is 17.7 Å². The van der Waals surface area contributed by atoms with Gasteiger partial charge in [0.15, 0.2) is 11.5 Å². The van der Waals surface area contributed by atoms with Crippen LogP contribution in [0.2, 0.25) is 0 Å². The third-order valence-corrected chi connectivity index (χ3v) is 1.40. The molecule has 0 amide bonds. The molecule has 0 aliphatic rings. The number of nitrogens with zero attached hydrogens (tertiary/aromatic N) is 1. The van der Waals surface area contributed by atoms with Crippen LogP contribution < -0.4 is 4.74 Å². The summed E-state index contributed by atoms with van der Waals surface area (Å²) in [5.74, 6) is -2.95. The SMILES string of the molecule is Cc1c(F)ncc(O)c1OC(F)(F)F. The Balaban J connectivity index is 3.13. The van der Waals surface area contributed by atoms with Crippen molar-refractivity contribution in [3.63, 3.8) is 0 Å². The largest absolute Gasteiger partial charge is 0.573 e. The van der Waals surface area contributed by atoms with Crippen molar-refractivity contribution in [2.24, 2.45) is 0 Å². The van der Waals surface area contributed by atoms with Crippen LogP contribution in [0.4, 0.5) is 17.6 Å². The predicted octanol–water partition coefficient (Wildman–Crippen LogP) is 2.13. The maximum Gasteiger partial charge on any atom is 0.573 e. The number of hydrogen-bond donors (Lipinski definition) is 1. The van der Waals surface area contributed by atoms with E-state index in [1.807, 2.05) is 0 Å². The summed E-state index contributed by atoms with van der Waals surface area (Å²) in [6.45, 7) is 1.02. The molecule has 0 atom stereocenters. The third kappa shape index (κ3) is 2.24. The molecular formula is C7H5F4NO2. The molecule has 1 heterocycles. The fourth-order valence-electron chi connectivity index (χ4n) is 0.804. The van der Waals surface area contributed by atoms with Gasteiger partial charge < -0.3 is 9.84 Å². The molecular weight excluding hydrogens is 206 g/mol. The summed E-state index contributed by atoms with van der Waals surface area (Å²) >= 11 is 0. The van der Waals surface area contributed by atoms with Crippen molar-refractivity contribution < 1.29 is 27.4 Å². The van der Waals surface area contributed by atoms with Gasteiger partial charge in [-0.05, 0) is 6.92 Å². The minimum atomic E-state index is -4.98. The van der Waals surface area contributed by atoms with E-state index in [9.17, 15) is 17.6 Å². The first-order chi connectivity index (χ1) is 6.31. The fraction of sp³-hybridized carbons (Fsp3) is 0.286. The molecule has 1 aromatic heterocycles. The molecule has 78 valence electrons. The van der Waals surface area contributed by atoms with Crippen molar-refractivity contribution in [1.82, 2.24) is 4.98 Å². The van der Waals surface area contributed by atoms with Crippen molar-refractivity contribution in [2.45, 2.75) is 13.3 Å². The lowest BCUT2D eigenvalue weighted by molar-refractivity contribution is -0.275. The van der Waals surface area contributed by atoms with Crippen LogP contribution in [0.5, 0.6) is 11.5 Å². The summed E-state index contributed by atoms with van der Waals surface area (Å²) in [5.41, 5.74) is -0.498. The van der Waals surface area contributed by atoms with Gasteiger partial charge >= 0.3 is 6.36 Å². The summed E-state index contributed by atoms with van der Waals surface area (Å²) in [7, 11) is 0. The van der Waals surface area contributed by atoms with Gasteiger partial charge in [-0.1, -0.05) is 0 Å². The molecule has 0 aliphatic carbocycles. The molecule has 0 saturated heterocycles. The minimum absolute atomic E-state index is 0.498. The monoisotopic (exact) mass is 211 g/mol.